The SMILES string of the molecule is O=C(NCc1ccc2c(c1)OCCO2)NC[C@@H]1Cc2ccccc2O1. The predicted molar refractivity (Wildman–Crippen MR) is 92.2 cm³/mol. The molecule has 0 radical (unpaired) electrons. The van der Waals surface area contributed by atoms with E-state index in [1.807, 2.05) is 36.4 Å². The van der Waals surface area contributed by atoms with E-state index in [0.29, 0.717) is 26.3 Å². The lowest BCUT2D eigenvalue weighted by Crippen LogP contribution is -2.40. The summed E-state index contributed by atoms with van der Waals surface area (Å²) < 4.78 is 16.8. The van der Waals surface area contributed by atoms with Gasteiger partial charge in [-0.05, 0) is 29.3 Å². The molecule has 0 spiro atoms. The van der Waals surface area contributed by atoms with Gasteiger partial charge in [-0.2, -0.15) is 0 Å². The highest BCUT2D eigenvalue weighted by Gasteiger charge is 2.22. The number of hydrogen-bond donors (Lipinski definition) is 2. The maximum Gasteiger partial charge on any atom is 0.315 e. The molecule has 0 aliphatic carbocycles. The number of carbonyl (C=O) groups is 1. The number of benzene rings is 2. The highest BCUT2D eigenvalue weighted by Crippen LogP contribution is 2.30. The molecule has 0 aromatic heterocycles. The third-order valence-corrected chi connectivity index (χ3v) is 4.26. The van der Waals surface area contributed by atoms with Crippen molar-refractivity contribution < 1.29 is 19.0 Å². The summed E-state index contributed by atoms with van der Waals surface area (Å²) in [6, 6.07) is 13.4. The fraction of sp³-hybridized carbons (Fsp3) is 0.316. The monoisotopic (exact) mass is 340 g/mol. The van der Waals surface area contributed by atoms with Gasteiger partial charge in [-0.15, -0.1) is 0 Å². The van der Waals surface area contributed by atoms with Gasteiger partial charge in [0, 0.05) is 13.0 Å². The second-order valence-electron chi connectivity index (χ2n) is 6.09. The molecule has 4 rings (SSSR count). The molecule has 2 heterocycles. The standard InChI is InChI=1S/C19H20N2O4/c22-19(21-12-15-10-14-3-1-2-4-16(14)25-15)20-11-13-5-6-17-18(9-13)24-8-7-23-17/h1-6,9,15H,7-8,10-12H2,(H2,20,21,22)/t15-/m0/s1. The van der Waals surface area contributed by atoms with Gasteiger partial charge >= 0.3 is 6.03 Å². The second-order valence-corrected chi connectivity index (χ2v) is 6.09. The Balaban J connectivity index is 1.23. The molecular weight excluding hydrogens is 320 g/mol. The summed E-state index contributed by atoms with van der Waals surface area (Å²) in [5, 5.41) is 5.71. The maximum absolute atomic E-state index is 12.0. The van der Waals surface area contributed by atoms with Gasteiger partial charge in [0.1, 0.15) is 25.1 Å². The van der Waals surface area contributed by atoms with Gasteiger partial charge in [-0.1, -0.05) is 24.3 Å². The molecular formula is C19H20N2O4. The van der Waals surface area contributed by atoms with Crippen molar-refractivity contribution in [2.75, 3.05) is 19.8 Å². The van der Waals surface area contributed by atoms with Gasteiger partial charge in [0.2, 0.25) is 0 Å². The topological polar surface area (TPSA) is 68.8 Å². The summed E-state index contributed by atoms with van der Waals surface area (Å²) in [7, 11) is 0. The first-order valence-electron chi connectivity index (χ1n) is 8.43. The molecule has 0 saturated heterocycles. The summed E-state index contributed by atoms with van der Waals surface area (Å²) in [6.45, 7) is 2.02. The van der Waals surface area contributed by atoms with Crippen molar-refractivity contribution in [1.29, 1.82) is 0 Å². The summed E-state index contributed by atoms with van der Waals surface area (Å²) >= 11 is 0. The third kappa shape index (κ3) is 3.63. The number of hydrogen-bond acceptors (Lipinski definition) is 4. The Bertz CT molecular complexity index is 753. The molecule has 6 heteroatoms. The Kier molecular flexibility index (Phi) is 4.33. The number of fused-ring (bicyclic) bond motifs is 2. The lowest BCUT2D eigenvalue weighted by molar-refractivity contribution is 0.171. The van der Waals surface area contributed by atoms with E-state index in [2.05, 4.69) is 16.7 Å². The molecule has 1 atom stereocenters. The second kappa shape index (κ2) is 6.93. The van der Waals surface area contributed by atoms with Gasteiger partial charge < -0.3 is 24.8 Å². The van der Waals surface area contributed by atoms with Crippen molar-refractivity contribution in [3.8, 4) is 17.2 Å². The first-order valence-corrected chi connectivity index (χ1v) is 8.43. The number of nitrogens with one attached hydrogen (secondary N) is 2. The van der Waals surface area contributed by atoms with Crippen LogP contribution in [0.3, 0.4) is 0 Å². The van der Waals surface area contributed by atoms with Crippen molar-refractivity contribution in [1.82, 2.24) is 10.6 Å². The van der Waals surface area contributed by atoms with Gasteiger partial charge in [-0.3, -0.25) is 0 Å². The lowest BCUT2D eigenvalue weighted by Gasteiger charge is -2.19. The fourth-order valence-corrected chi connectivity index (χ4v) is 3.02. The number of ether oxygens (including phenoxy) is 3. The molecule has 2 aliphatic heterocycles. The van der Waals surface area contributed by atoms with Crippen molar-refractivity contribution in [3.05, 3.63) is 53.6 Å². The zero-order valence-electron chi connectivity index (χ0n) is 13.8. The number of para-hydroxylation sites is 1. The first kappa shape index (κ1) is 15.6. The average molecular weight is 340 g/mol. The molecule has 2 amide bonds. The number of carbonyl (C=O) groups excluding carboxylic acids is 1. The van der Waals surface area contributed by atoms with Crippen LogP contribution in [0.4, 0.5) is 4.79 Å². The normalized spacial score (nSPS) is 17.4. The first-order chi connectivity index (χ1) is 12.3. The van der Waals surface area contributed by atoms with Crippen LogP contribution in [0.1, 0.15) is 11.1 Å². The van der Waals surface area contributed by atoms with E-state index in [1.165, 1.54) is 5.56 Å². The van der Waals surface area contributed by atoms with Crippen LogP contribution in [0, 0.1) is 0 Å². The van der Waals surface area contributed by atoms with Gasteiger partial charge in [-0.25, -0.2) is 4.79 Å². The van der Waals surface area contributed by atoms with Crippen LogP contribution < -0.4 is 24.8 Å². The Morgan fingerprint density at radius 2 is 1.84 bits per heavy atom. The van der Waals surface area contributed by atoms with Crippen LogP contribution >= 0.6 is 0 Å². The van der Waals surface area contributed by atoms with Crippen molar-refractivity contribution in [2.24, 2.45) is 0 Å². The van der Waals surface area contributed by atoms with E-state index in [0.717, 1.165) is 29.2 Å². The molecule has 2 aromatic carbocycles. The van der Waals surface area contributed by atoms with Gasteiger partial charge in [0.25, 0.3) is 0 Å². The van der Waals surface area contributed by atoms with Crippen LogP contribution in [-0.2, 0) is 13.0 Å². The van der Waals surface area contributed by atoms with E-state index < -0.39 is 0 Å². The third-order valence-electron chi connectivity index (χ3n) is 4.26. The smallest absolute Gasteiger partial charge is 0.315 e. The van der Waals surface area contributed by atoms with Crippen LogP contribution in [-0.4, -0.2) is 31.9 Å². The molecule has 130 valence electrons. The Morgan fingerprint density at radius 3 is 2.72 bits per heavy atom. The molecule has 2 aliphatic rings. The summed E-state index contributed by atoms with van der Waals surface area (Å²) in [6.07, 6.45) is 0.802. The molecule has 2 aromatic rings. The zero-order valence-corrected chi connectivity index (χ0v) is 13.8. The van der Waals surface area contributed by atoms with E-state index in [4.69, 9.17) is 14.2 Å². The number of amides is 2. The van der Waals surface area contributed by atoms with Gasteiger partial charge in [0.15, 0.2) is 11.5 Å². The van der Waals surface area contributed by atoms with E-state index in [9.17, 15) is 4.79 Å². The number of rotatable bonds is 4. The number of urea groups is 1. The molecule has 6 nitrogen and oxygen atoms in total. The Hall–Kier alpha value is -2.89. The summed E-state index contributed by atoms with van der Waals surface area (Å²) in [4.78, 5) is 12.0. The minimum absolute atomic E-state index is 0.0163. The minimum atomic E-state index is -0.213. The van der Waals surface area contributed by atoms with Crippen LogP contribution in [0.5, 0.6) is 17.2 Å². The largest absolute Gasteiger partial charge is 0.488 e. The average Bonchev–Trinajstić information content (AvgIpc) is 3.07. The van der Waals surface area contributed by atoms with Gasteiger partial charge in [0.05, 0.1) is 6.54 Å². The molecule has 2 N–H and O–H groups in total. The lowest BCUT2D eigenvalue weighted by atomic mass is 10.1. The van der Waals surface area contributed by atoms with E-state index in [-0.39, 0.29) is 12.1 Å². The van der Waals surface area contributed by atoms with Crippen LogP contribution in [0.2, 0.25) is 0 Å². The van der Waals surface area contributed by atoms with Crippen molar-refractivity contribution in [3.63, 3.8) is 0 Å². The fourth-order valence-electron chi connectivity index (χ4n) is 3.02. The molecule has 0 bridgehead atoms. The Labute approximate surface area is 146 Å². The molecule has 0 fully saturated rings. The molecule has 0 unspecified atom stereocenters. The van der Waals surface area contributed by atoms with E-state index in [1.54, 1.807) is 0 Å². The highest BCUT2D eigenvalue weighted by atomic mass is 16.6. The predicted octanol–water partition coefficient (Wildman–Crippen LogP) is 2.26. The van der Waals surface area contributed by atoms with Crippen LogP contribution in [0.25, 0.3) is 0 Å². The molecule has 25 heavy (non-hydrogen) atoms. The highest BCUT2D eigenvalue weighted by molar-refractivity contribution is 5.73. The quantitative estimate of drug-likeness (QED) is 0.896. The minimum Gasteiger partial charge on any atom is -0.488 e. The van der Waals surface area contributed by atoms with Crippen LogP contribution in [0.15, 0.2) is 42.5 Å². The van der Waals surface area contributed by atoms with Crippen molar-refractivity contribution in [2.45, 2.75) is 19.1 Å². The van der Waals surface area contributed by atoms with Crippen molar-refractivity contribution >= 4 is 6.03 Å². The Morgan fingerprint density at radius 1 is 1.00 bits per heavy atom. The zero-order chi connectivity index (χ0) is 17.1. The maximum atomic E-state index is 12.0. The summed E-state index contributed by atoms with van der Waals surface area (Å²) in [5.41, 5.74) is 2.15. The molecule has 0 saturated carbocycles. The summed E-state index contributed by atoms with van der Waals surface area (Å²) in [5.74, 6) is 2.38. The van der Waals surface area contributed by atoms with E-state index >= 15 is 0 Å².